The number of carbonyl (C=O) groups is 1. The maximum atomic E-state index is 11.8. The predicted molar refractivity (Wildman–Crippen MR) is 69.8 cm³/mol. The lowest BCUT2D eigenvalue weighted by molar-refractivity contribution is -0.138. The fourth-order valence-corrected chi connectivity index (χ4v) is 2.19. The van der Waals surface area contributed by atoms with Gasteiger partial charge in [0, 0.05) is 38.1 Å². The van der Waals surface area contributed by atoms with Gasteiger partial charge in [0.15, 0.2) is 0 Å². The van der Waals surface area contributed by atoms with Crippen LogP contribution >= 0.6 is 0 Å². The van der Waals surface area contributed by atoms with E-state index in [2.05, 4.69) is 0 Å². The Labute approximate surface area is 107 Å². The standard InChI is InChI=1S/C14H20N2O2/c15-13(12-4-2-1-3-5-12)6-7-14(18)16-8-11(9-16)10-17/h1-5,11,13,17H,6-10,15H2. The zero-order chi connectivity index (χ0) is 13.0. The molecule has 98 valence electrons. The Hall–Kier alpha value is -1.39. The van der Waals surface area contributed by atoms with Crippen molar-refractivity contribution in [1.82, 2.24) is 4.90 Å². The van der Waals surface area contributed by atoms with Crippen LogP contribution in [0.2, 0.25) is 0 Å². The molecule has 1 heterocycles. The third-order valence-corrected chi connectivity index (χ3v) is 3.47. The fraction of sp³-hybridized carbons (Fsp3) is 0.500. The van der Waals surface area contributed by atoms with E-state index >= 15 is 0 Å². The third-order valence-electron chi connectivity index (χ3n) is 3.47. The van der Waals surface area contributed by atoms with Gasteiger partial charge in [-0.15, -0.1) is 0 Å². The van der Waals surface area contributed by atoms with E-state index in [4.69, 9.17) is 10.8 Å². The van der Waals surface area contributed by atoms with Gasteiger partial charge in [0.1, 0.15) is 0 Å². The van der Waals surface area contributed by atoms with Gasteiger partial charge in [-0.1, -0.05) is 30.3 Å². The van der Waals surface area contributed by atoms with Crippen LogP contribution < -0.4 is 5.73 Å². The second-order valence-electron chi connectivity index (χ2n) is 4.90. The molecule has 0 spiro atoms. The smallest absolute Gasteiger partial charge is 0.222 e. The number of nitrogens with two attached hydrogens (primary N) is 1. The number of nitrogens with zero attached hydrogens (tertiary/aromatic N) is 1. The van der Waals surface area contributed by atoms with Gasteiger partial charge in [-0.25, -0.2) is 0 Å². The minimum Gasteiger partial charge on any atom is -0.396 e. The van der Waals surface area contributed by atoms with E-state index in [1.807, 2.05) is 30.3 Å². The SMILES string of the molecule is NC(CCC(=O)N1CC(CO)C1)c1ccccc1. The molecule has 1 aliphatic heterocycles. The molecule has 1 unspecified atom stereocenters. The summed E-state index contributed by atoms with van der Waals surface area (Å²) in [5, 5.41) is 8.89. The first-order valence-corrected chi connectivity index (χ1v) is 6.40. The van der Waals surface area contributed by atoms with Crippen LogP contribution in [-0.2, 0) is 4.79 Å². The van der Waals surface area contributed by atoms with Crippen molar-refractivity contribution in [3.8, 4) is 0 Å². The monoisotopic (exact) mass is 248 g/mol. The van der Waals surface area contributed by atoms with E-state index in [9.17, 15) is 4.79 Å². The lowest BCUT2D eigenvalue weighted by Gasteiger charge is -2.38. The van der Waals surface area contributed by atoms with E-state index in [1.165, 1.54) is 0 Å². The Morgan fingerprint density at radius 1 is 1.39 bits per heavy atom. The van der Waals surface area contributed by atoms with Gasteiger partial charge in [0.2, 0.25) is 5.91 Å². The molecule has 0 saturated carbocycles. The highest BCUT2D eigenvalue weighted by Crippen LogP contribution is 2.19. The summed E-state index contributed by atoms with van der Waals surface area (Å²) in [6.45, 7) is 1.55. The third kappa shape index (κ3) is 3.09. The zero-order valence-electron chi connectivity index (χ0n) is 10.5. The average Bonchev–Trinajstić information content (AvgIpc) is 2.36. The molecule has 0 bridgehead atoms. The van der Waals surface area contributed by atoms with Crippen molar-refractivity contribution < 1.29 is 9.90 Å². The van der Waals surface area contributed by atoms with Crippen molar-refractivity contribution >= 4 is 5.91 Å². The molecule has 1 aromatic carbocycles. The highest BCUT2D eigenvalue weighted by Gasteiger charge is 2.29. The summed E-state index contributed by atoms with van der Waals surface area (Å²) in [5.41, 5.74) is 7.12. The molecule has 1 fully saturated rings. The molecule has 1 amide bonds. The molecule has 1 atom stereocenters. The number of amides is 1. The molecule has 1 aliphatic rings. The normalized spacial score (nSPS) is 17.3. The van der Waals surface area contributed by atoms with Crippen LogP contribution in [-0.4, -0.2) is 35.6 Å². The van der Waals surface area contributed by atoms with Crippen molar-refractivity contribution in [2.45, 2.75) is 18.9 Å². The highest BCUT2D eigenvalue weighted by atomic mass is 16.3. The number of hydrogen-bond donors (Lipinski definition) is 2. The molecular weight excluding hydrogens is 228 g/mol. The molecule has 4 nitrogen and oxygen atoms in total. The van der Waals surface area contributed by atoms with E-state index in [0.717, 1.165) is 5.56 Å². The van der Waals surface area contributed by atoms with Gasteiger partial charge in [0.25, 0.3) is 0 Å². The maximum absolute atomic E-state index is 11.8. The number of carbonyl (C=O) groups excluding carboxylic acids is 1. The number of likely N-dealkylation sites (tertiary alicyclic amines) is 1. The van der Waals surface area contributed by atoms with Gasteiger partial charge in [-0.05, 0) is 12.0 Å². The minimum atomic E-state index is -0.0786. The van der Waals surface area contributed by atoms with Gasteiger partial charge >= 0.3 is 0 Å². The summed E-state index contributed by atoms with van der Waals surface area (Å²) in [5.74, 6) is 0.419. The van der Waals surface area contributed by atoms with Crippen LogP contribution in [0.1, 0.15) is 24.4 Å². The molecule has 0 aliphatic carbocycles. The van der Waals surface area contributed by atoms with Crippen molar-refractivity contribution in [2.75, 3.05) is 19.7 Å². The van der Waals surface area contributed by atoms with Crippen molar-refractivity contribution in [1.29, 1.82) is 0 Å². The van der Waals surface area contributed by atoms with Crippen molar-refractivity contribution in [3.63, 3.8) is 0 Å². The van der Waals surface area contributed by atoms with E-state index < -0.39 is 0 Å². The van der Waals surface area contributed by atoms with Gasteiger partial charge in [-0.2, -0.15) is 0 Å². The number of hydrogen-bond acceptors (Lipinski definition) is 3. The second-order valence-corrected chi connectivity index (χ2v) is 4.90. The van der Waals surface area contributed by atoms with Crippen LogP contribution in [0, 0.1) is 5.92 Å². The first kappa shape index (κ1) is 13.1. The Kier molecular flexibility index (Phi) is 4.33. The lowest BCUT2D eigenvalue weighted by Crippen LogP contribution is -2.51. The van der Waals surface area contributed by atoms with Crippen LogP contribution in [0.25, 0.3) is 0 Å². The first-order valence-electron chi connectivity index (χ1n) is 6.40. The summed E-state index contributed by atoms with van der Waals surface area (Å²) in [4.78, 5) is 13.6. The molecule has 0 aromatic heterocycles. The summed E-state index contributed by atoms with van der Waals surface area (Å²) in [7, 11) is 0. The Morgan fingerprint density at radius 3 is 2.67 bits per heavy atom. The topological polar surface area (TPSA) is 66.6 Å². The van der Waals surface area contributed by atoms with Crippen molar-refractivity contribution in [3.05, 3.63) is 35.9 Å². The lowest BCUT2D eigenvalue weighted by atomic mass is 9.98. The Bertz CT molecular complexity index is 388. The van der Waals surface area contributed by atoms with Crippen LogP contribution in [0.15, 0.2) is 30.3 Å². The quantitative estimate of drug-likeness (QED) is 0.814. The number of benzene rings is 1. The number of aliphatic hydroxyl groups excluding tert-OH is 1. The summed E-state index contributed by atoms with van der Waals surface area (Å²) >= 11 is 0. The average molecular weight is 248 g/mol. The summed E-state index contributed by atoms with van der Waals surface area (Å²) < 4.78 is 0. The van der Waals surface area contributed by atoms with Gasteiger partial charge in [0.05, 0.1) is 0 Å². The maximum Gasteiger partial charge on any atom is 0.222 e. The van der Waals surface area contributed by atoms with Gasteiger partial charge in [-0.3, -0.25) is 4.79 Å². The second kappa shape index (κ2) is 5.98. The molecule has 0 radical (unpaired) electrons. The van der Waals surface area contributed by atoms with Gasteiger partial charge < -0.3 is 15.7 Å². The fourth-order valence-electron chi connectivity index (χ4n) is 2.19. The molecule has 4 heteroatoms. The number of rotatable bonds is 5. The first-order chi connectivity index (χ1) is 8.70. The Morgan fingerprint density at radius 2 is 2.06 bits per heavy atom. The zero-order valence-corrected chi connectivity index (χ0v) is 10.5. The number of aliphatic hydroxyl groups is 1. The molecule has 18 heavy (non-hydrogen) atoms. The summed E-state index contributed by atoms with van der Waals surface area (Å²) in [6.07, 6.45) is 1.15. The van der Waals surface area contributed by atoms with E-state index in [0.29, 0.717) is 25.9 Å². The van der Waals surface area contributed by atoms with E-state index in [1.54, 1.807) is 4.90 Å². The molecule has 1 saturated heterocycles. The van der Waals surface area contributed by atoms with E-state index in [-0.39, 0.29) is 24.5 Å². The highest BCUT2D eigenvalue weighted by molar-refractivity contribution is 5.77. The predicted octanol–water partition coefficient (Wildman–Crippen LogP) is 0.917. The van der Waals surface area contributed by atoms with Crippen LogP contribution in [0.4, 0.5) is 0 Å². The van der Waals surface area contributed by atoms with Crippen LogP contribution in [0.3, 0.4) is 0 Å². The Balaban J connectivity index is 1.73. The molecule has 3 N–H and O–H groups in total. The summed E-state index contributed by atoms with van der Waals surface area (Å²) in [6, 6.07) is 9.76. The minimum absolute atomic E-state index is 0.0786. The molecule has 2 rings (SSSR count). The van der Waals surface area contributed by atoms with Crippen LogP contribution in [0.5, 0.6) is 0 Å². The molecular formula is C14H20N2O2. The molecule has 1 aromatic rings. The van der Waals surface area contributed by atoms with Crippen molar-refractivity contribution in [2.24, 2.45) is 11.7 Å². The largest absolute Gasteiger partial charge is 0.396 e.